The van der Waals surface area contributed by atoms with E-state index in [1.54, 1.807) is 0 Å². The van der Waals surface area contributed by atoms with Crippen molar-refractivity contribution < 1.29 is 9.53 Å². The summed E-state index contributed by atoms with van der Waals surface area (Å²) in [4.78, 5) is 17.2. The van der Waals surface area contributed by atoms with Gasteiger partial charge in [-0.25, -0.2) is 0 Å². The van der Waals surface area contributed by atoms with Gasteiger partial charge in [-0.15, -0.1) is 0 Å². The second kappa shape index (κ2) is 6.20. The monoisotopic (exact) mass is 267 g/mol. The second-order valence-corrected chi connectivity index (χ2v) is 5.93. The number of hydrogen-bond donors (Lipinski definition) is 1. The lowest BCUT2D eigenvalue weighted by molar-refractivity contribution is -0.136. The van der Waals surface area contributed by atoms with E-state index in [0.29, 0.717) is 11.9 Å². The van der Waals surface area contributed by atoms with Gasteiger partial charge in [-0.05, 0) is 25.8 Å². The van der Waals surface area contributed by atoms with Crippen LogP contribution in [0.15, 0.2) is 0 Å². The summed E-state index contributed by atoms with van der Waals surface area (Å²) >= 11 is 0. The summed E-state index contributed by atoms with van der Waals surface area (Å²) in [5.41, 5.74) is 0. The highest BCUT2D eigenvalue weighted by Crippen LogP contribution is 2.23. The molecular weight excluding hydrogens is 242 g/mol. The SMILES string of the molecule is O=C(C1CCNC1)N1CCCC1CN1CCOCC1. The molecule has 5 nitrogen and oxygen atoms in total. The van der Waals surface area contributed by atoms with Crippen molar-refractivity contribution in [2.24, 2.45) is 5.92 Å². The van der Waals surface area contributed by atoms with Crippen molar-refractivity contribution in [3.63, 3.8) is 0 Å². The van der Waals surface area contributed by atoms with Gasteiger partial charge >= 0.3 is 0 Å². The zero-order chi connectivity index (χ0) is 13.1. The molecule has 0 bridgehead atoms. The lowest BCUT2D eigenvalue weighted by Gasteiger charge is -2.33. The van der Waals surface area contributed by atoms with Crippen LogP contribution in [-0.4, -0.2) is 74.2 Å². The van der Waals surface area contributed by atoms with Crippen LogP contribution in [0.2, 0.25) is 0 Å². The molecule has 3 heterocycles. The minimum atomic E-state index is 0.227. The molecule has 0 radical (unpaired) electrons. The standard InChI is InChI=1S/C14H25N3O2/c18-14(12-3-4-15-10-12)17-5-1-2-13(17)11-16-6-8-19-9-7-16/h12-13,15H,1-11H2. The average molecular weight is 267 g/mol. The smallest absolute Gasteiger partial charge is 0.227 e. The first kappa shape index (κ1) is 13.3. The van der Waals surface area contributed by atoms with Gasteiger partial charge in [0, 0.05) is 38.8 Å². The maximum absolute atomic E-state index is 12.5. The highest BCUT2D eigenvalue weighted by molar-refractivity contribution is 5.80. The first-order chi connectivity index (χ1) is 9.34. The summed E-state index contributed by atoms with van der Waals surface area (Å²) in [6, 6.07) is 0.436. The summed E-state index contributed by atoms with van der Waals surface area (Å²) in [7, 11) is 0. The van der Waals surface area contributed by atoms with Crippen LogP contribution in [-0.2, 0) is 9.53 Å². The quantitative estimate of drug-likeness (QED) is 0.777. The lowest BCUT2D eigenvalue weighted by Crippen LogP contribution is -2.48. The molecule has 0 aliphatic carbocycles. The largest absolute Gasteiger partial charge is 0.379 e. The van der Waals surface area contributed by atoms with Crippen molar-refractivity contribution >= 4 is 5.91 Å². The van der Waals surface area contributed by atoms with Crippen LogP contribution in [0.3, 0.4) is 0 Å². The van der Waals surface area contributed by atoms with Crippen LogP contribution < -0.4 is 5.32 Å². The third kappa shape index (κ3) is 3.09. The fourth-order valence-corrected chi connectivity index (χ4v) is 3.50. The molecule has 1 N–H and O–H groups in total. The summed E-state index contributed by atoms with van der Waals surface area (Å²) < 4.78 is 5.39. The topological polar surface area (TPSA) is 44.8 Å². The number of nitrogens with zero attached hydrogens (tertiary/aromatic N) is 2. The van der Waals surface area contributed by atoms with E-state index in [-0.39, 0.29) is 5.92 Å². The molecule has 3 rings (SSSR count). The molecule has 0 spiro atoms. The van der Waals surface area contributed by atoms with E-state index < -0.39 is 0 Å². The molecule has 5 heteroatoms. The maximum atomic E-state index is 12.5. The van der Waals surface area contributed by atoms with Gasteiger partial charge in [-0.1, -0.05) is 0 Å². The zero-order valence-corrected chi connectivity index (χ0v) is 11.6. The van der Waals surface area contributed by atoms with E-state index in [9.17, 15) is 4.79 Å². The van der Waals surface area contributed by atoms with Gasteiger partial charge in [0.2, 0.25) is 5.91 Å². The van der Waals surface area contributed by atoms with Crippen LogP contribution in [0, 0.1) is 5.92 Å². The Morgan fingerprint density at radius 2 is 2.05 bits per heavy atom. The highest BCUT2D eigenvalue weighted by atomic mass is 16.5. The van der Waals surface area contributed by atoms with Crippen LogP contribution in [0.5, 0.6) is 0 Å². The first-order valence-electron chi connectivity index (χ1n) is 7.66. The number of hydrogen-bond acceptors (Lipinski definition) is 4. The summed E-state index contributed by atoms with van der Waals surface area (Å²) in [5.74, 6) is 0.617. The van der Waals surface area contributed by atoms with Crippen molar-refractivity contribution in [1.29, 1.82) is 0 Å². The van der Waals surface area contributed by atoms with Crippen molar-refractivity contribution in [2.45, 2.75) is 25.3 Å². The van der Waals surface area contributed by atoms with Crippen molar-refractivity contribution in [3.05, 3.63) is 0 Å². The number of carbonyl (C=O) groups excluding carboxylic acids is 1. The summed E-state index contributed by atoms with van der Waals surface area (Å²) in [6.45, 7) is 7.59. The second-order valence-electron chi connectivity index (χ2n) is 5.93. The predicted molar refractivity (Wildman–Crippen MR) is 73.0 cm³/mol. The Labute approximate surface area is 115 Å². The highest BCUT2D eigenvalue weighted by Gasteiger charge is 2.35. The average Bonchev–Trinajstić information content (AvgIpc) is 3.10. The number of amides is 1. The molecule has 3 aliphatic heterocycles. The number of morpholine rings is 1. The molecule has 0 aromatic rings. The Bertz CT molecular complexity index is 312. The Morgan fingerprint density at radius 1 is 1.21 bits per heavy atom. The Balaban J connectivity index is 1.55. The number of ether oxygens (including phenoxy) is 1. The van der Waals surface area contributed by atoms with E-state index in [1.807, 2.05) is 0 Å². The minimum absolute atomic E-state index is 0.227. The van der Waals surface area contributed by atoms with E-state index in [1.165, 1.54) is 12.8 Å². The van der Waals surface area contributed by atoms with Crippen molar-refractivity contribution in [1.82, 2.24) is 15.1 Å². The normalized spacial score (nSPS) is 32.9. The zero-order valence-electron chi connectivity index (χ0n) is 11.6. The molecule has 0 saturated carbocycles. The van der Waals surface area contributed by atoms with Gasteiger partial charge in [0.25, 0.3) is 0 Å². The molecule has 0 aromatic heterocycles. The van der Waals surface area contributed by atoms with Crippen LogP contribution in [0.4, 0.5) is 0 Å². The fourth-order valence-electron chi connectivity index (χ4n) is 3.50. The van der Waals surface area contributed by atoms with Crippen LogP contribution in [0.25, 0.3) is 0 Å². The van der Waals surface area contributed by atoms with Gasteiger partial charge in [0.1, 0.15) is 0 Å². The lowest BCUT2D eigenvalue weighted by atomic mass is 10.1. The van der Waals surface area contributed by atoms with Gasteiger partial charge in [-0.2, -0.15) is 0 Å². The molecule has 2 atom stereocenters. The van der Waals surface area contributed by atoms with Gasteiger partial charge in [0.15, 0.2) is 0 Å². The molecule has 3 fully saturated rings. The van der Waals surface area contributed by atoms with Gasteiger partial charge in [0.05, 0.1) is 19.1 Å². The third-order valence-electron chi connectivity index (χ3n) is 4.64. The predicted octanol–water partition coefficient (Wildman–Crippen LogP) is -0.0809. The third-order valence-corrected chi connectivity index (χ3v) is 4.64. The molecule has 1 amide bonds. The number of likely N-dealkylation sites (tertiary alicyclic amines) is 1. The molecule has 3 aliphatic rings. The number of nitrogens with one attached hydrogen (secondary N) is 1. The first-order valence-corrected chi connectivity index (χ1v) is 7.66. The van der Waals surface area contributed by atoms with E-state index in [0.717, 1.165) is 58.9 Å². The van der Waals surface area contributed by atoms with E-state index >= 15 is 0 Å². The van der Waals surface area contributed by atoms with Crippen molar-refractivity contribution in [3.8, 4) is 0 Å². The van der Waals surface area contributed by atoms with Gasteiger partial charge < -0.3 is 15.0 Å². The summed E-state index contributed by atoms with van der Waals surface area (Å²) in [5, 5.41) is 3.30. The Hall–Kier alpha value is -0.650. The van der Waals surface area contributed by atoms with E-state index in [2.05, 4.69) is 15.1 Å². The maximum Gasteiger partial charge on any atom is 0.227 e. The van der Waals surface area contributed by atoms with Crippen LogP contribution in [0.1, 0.15) is 19.3 Å². The Kier molecular flexibility index (Phi) is 4.35. The fraction of sp³-hybridized carbons (Fsp3) is 0.929. The van der Waals surface area contributed by atoms with Gasteiger partial charge in [-0.3, -0.25) is 9.69 Å². The van der Waals surface area contributed by atoms with Crippen molar-refractivity contribution in [2.75, 3.05) is 52.5 Å². The minimum Gasteiger partial charge on any atom is -0.379 e. The van der Waals surface area contributed by atoms with Crippen LogP contribution >= 0.6 is 0 Å². The number of carbonyl (C=O) groups is 1. The summed E-state index contributed by atoms with van der Waals surface area (Å²) in [6.07, 6.45) is 3.35. The molecule has 0 aromatic carbocycles. The molecule has 19 heavy (non-hydrogen) atoms. The number of rotatable bonds is 3. The molecule has 108 valence electrons. The molecular formula is C14H25N3O2. The van der Waals surface area contributed by atoms with E-state index in [4.69, 9.17) is 4.74 Å². The molecule has 3 saturated heterocycles. The Morgan fingerprint density at radius 3 is 2.79 bits per heavy atom. The molecule has 2 unspecified atom stereocenters.